The zero-order chi connectivity index (χ0) is 49.8. The molecule has 0 N–H and O–H groups in total. The molecule has 16 aromatic rings. The average Bonchev–Trinajstić information content (AvgIpc) is 4.30. The van der Waals surface area contributed by atoms with Gasteiger partial charge in [0.25, 0.3) is 0 Å². The first kappa shape index (κ1) is 42.5. The van der Waals surface area contributed by atoms with Gasteiger partial charge in [-0.15, -0.1) is 11.3 Å². The molecule has 0 aliphatic carbocycles. The minimum Gasteiger partial charge on any atom is -0.456 e. The van der Waals surface area contributed by atoms with Crippen LogP contribution in [0.1, 0.15) is 0 Å². The quantitative estimate of drug-likeness (QED) is 0.159. The van der Waals surface area contributed by atoms with Crippen LogP contribution in [0.5, 0.6) is 0 Å². The number of furan rings is 2. The van der Waals surface area contributed by atoms with Gasteiger partial charge >= 0.3 is 0 Å². The number of para-hydroxylation sites is 2. The van der Waals surface area contributed by atoms with Gasteiger partial charge in [0.1, 0.15) is 22.3 Å². The molecule has 16 rings (SSSR count). The molecule has 5 aromatic heterocycles. The monoisotopic (exact) mass is 988 g/mol. The SMILES string of the molecule is c1ccc(-c2ccc3oc4cc(-c5nc(-c6ccccc6)nc(-c6cccc7oc8ccc(-c9ccc%10sc%11cc(-c%12ccc%13c(c%12)c%12ccccc%12n%13-c%12ccccc%12)ccc%11c%10c9)cc8c67)n5)ccc4c3c2)cc1. The molecule has 0 atom stereocenters. The summed E-state index contributed by atoms with van der Waals surface area (Å²) in [4.78, 5) is 15.5. The molecule has 0 aliphatic heterocycles. The van der Waals surface area contributed by atoms with Crippen molar-refractivity contribution in [1.29, 1.82) is 0 Å². The lowest BCUT2D eigenvalue weighted by molar-refractivity contribution is 0.668. The van der Waals surface area contributed by atoms with Crippen LogP contribution in [-0.4, -0.2) is 19.5 Å². The molecule has 6 nitrogen and oxygen atoms in total. The van der Waals surface area contributed by atoms with Crippen LogP contribution in [0.15, 0.2) is 251 Å². The number of aromatic nitrogens is 4. The second kappa shape index (κ2) is 16.8. The molecular formula is C69H40N4O2S. The minimum atomic E-state index is 0.554. The highest BCUT2D eigenvalue weighted by Gasteiger charge is 2.21. The Labute approximate surface area is 439 Å². The van der Waals surface area contributed by atoms with Crippen LogP contribution in [0.3, 0.4) is 0 Å². The molecule has 0 amide bonds. The van der Waals surface area contributed by atoms with Crippen LogP contribution in [0, 0.1) is 0 Å². The largest absolute Gasteiger partial charge is 0.456 e. The third-order valence-electron chi connectivity index (χ3n) is 15.1. The number of hydrogen-bond donors (Lipinski definition) is 0. The number of benzene rings is 11. The molecule has 0 unspecified atom stereocenters. The summed E-state index contributed by atoms with van der Waals surface area (Å²) in [5, 5.41) is 9.04. The van der Waals surface area contributed by atoms with Gasteiger partial charge < -0.3 is 13.4 Å². The van der Waals surface area contributed by atoms with Crippen molar-refractivity contribution in [2.24, 2.45) is 0 Å². The van der Waals surface area contributed by atoms with E-state index in [4.69, 9.17) is 23.8 Å². The van der Waals surface area contributed by atoms with Crippen molar-refractivity contribution in [3.8, 4) is 73.2 Å². The van der Waals surface area contributed by atoms with Crippen LogP contribution < -0.4 is 0 Å². The Bertz CT molecular complexity index is 4990. The van der Waals surface area contributed by atoms with Crippen molar-refractivity contribution in [3.05, 3.63) is 243 Å². The highest BCUT2D eigenvalue weighted by Crippen LogP contribution is 2.43. The van der Waals surface area contributed by atoms with Gasteiger partial charge in [0, 0.05) is 74.9 Å². The second-order valence-electron chi connectivity index (χ2n) is 19.5. The molecule has 0 fully saturated rings. The first-order chi connectivity index (χ1) is 37.6. The van der Waals surface area contributed by atoms with Crippen LogP contribution >= 0.6 is 11.3 Å². The molecule has 0 saturated heterocycles. The van der Waals surface area contributed by atoms with E-state index in [1.165, 1.54) is 53.1 Å². The number of nitrogens with zero attached hydrogens (tertiary/aromatic N) is 4. The maximum Gasteiger partial charge on any atom is 0.164 e. The highest BCUT2D eigenvalue weighted by atomic mass is 32.1. The smallest absolute Gasteiger partial charge is 0.164 e. The standard InChI is InChI=1S/C69H40N4O2S/c1-4-13-41(14-5-1)43-26-32-60-55(36-43)51-29-24-48(39-63(51)75-60)68-70-67(42-15-6-2-7-16-42)71-69(72-68)53-20-12-22-62-66(53)57-38-45(27-33-61(57)74-62)46-28-34-64-56(37-46)52-30-23-47(40-65(52)76-64)44-25-31-59-54(35-44)50-19-10-11-21-58(50)73(59)49-17-8-3-9-18-49/h1-40H. The predicted octanol–water partition coefficient (Wildman–Crippen LogP) is 19.1. The summed E-state index contributed by atoms with van der Waals surface area (Å²) in [7, 11) is 0. The summed E-state index contributed by atoms with van der Waals surface area (Å²) in [6.07, 6.45) is 0. The zero-order valence-electron chi connectivity index (χ0n) is 40.6. The van der Waals surface area contributed by atoms with Gasteiger partial charge in [0.2, 0.25) is 0 Å². The summed E-state index contributed by atoms with van der Waals surface area (Å²) in [6.45, 7) is 0. The van der Waals surface area contributed by atoms with E-state index in [0.29, 0.717) is 17.5 Å². The summed E-state index contributed by atoms with van der Waals surface area (Å²) in [6, 6.07) is 85.8. The maximum absolute atomic E-state index is 6.60. The normalized spacial score (nSPS) is 11.9. The third-order valence-corrected chi connectivity index (χ3v) is 16.2. The second-order valence-corrected chi connectivity index (χ2v) is 20.6. The van der Waals surface area contributed by atoms with Crippen molar-refractivity contribution in [1.82, 2.24) is 19.5 Å². The molecule has 5 heterocycles. The van der Waals surface area contributed by atoms with E-state index in [1.807, 2.05) is 65.9 Å². The number of thiophene rings is 1. The van der Waals surface area contributed by atoms with Crippen molar-refractivity contribution >= 4 is 97.2 Å². The number of fused-ring (bicyclic) bond motifs is 12. The Morgan fingerprint density at radius 3 is 1.67 bits per heavy atom. The highest BCUT2D eigenvalue weighted by molar-refractivity contribution is 7.25. The molecule has 7 heteroatoms. The van der Waals surface area contributed by atoms with E-state index >= 15 is 0 Å². The molecule has 76 heavy (non-hydrogen) atoms. The Kier molecular flexibility index (Phi) is 9.40. The van der Waals surface area contributed by atoms with Gasteiger partial charge in [-0.25, -0.2) is 15.0 Å². The van der Waals surface area contributed by atoms with E-state index in [9.17, 15) is 0 Å². The Morgan fingerprint density at radius 2 is 0.855 bits per heavy atom. The van der Waals surface area contributed by atoms with E-state index in [0.717, 1.165) is 88.5 Å². The molecule has 0 spiro atoms. The molecule has 0 aliphatic rings. The van der Waals surface area contributed by atoms with Gasteiger partial charge in [-0.3, -0.25) is 0 Å². The molecular weight excluding hydrogens is 949 g/mol. The van der Waals surface area contributed by atoms with Crippen molar-refractivity contribution in [2.45, 2.75) is 0 Å². The molecule has 354 valence electrons. The molecule has 0 saturated carbocycles. The molecule has 0 bridgehead atoms. The van der Waals surface area contributed by atoms with Gasteiger partial charge in [-0.2, -0.15) is 0 Å². The molecule has 0 radical (unpaired) electrons. The average molecular weight is 989 g/mol. The summed E-state index contributed by atoms with van der Waals surface area (Å²) < 4.78 is 18.0. The van der Waals surface area contributed by atoms with Crippen LogP contribution in [0.25, 0.3) is 159 Å². The summed E-state index contributed by atoms with van der Waals surface area (Å²) in [5.74, 6) is 1.70. The van der Waals surface area contributed by atoms with Gasteiger partial charge in [-0.1, -0.05) is 152 Å². The fourth-order valence-electron chi connectivity index (χ4n) is 11.4. The van der Waals surface area contributed by atoms with E-state index in [-0.39, 0.29) is 0 Å². The van der Waals surface area contributed by atoms with Crippen molar-refractivity contribution in [3.63, 3.8) is 0 Å². The van der Waals surface area contributed by atoms with E-state index in [1.54, 1.807) is 0 Å². The Morgan fingerprint density at radius 1 is 0.289 bits per heavy atom. The lowest BCUT2D eigenvalue weighted by Crippen LogP contribution is -2.00. The Hall–Kier alpha value is -9.95. The lowest BCUT2D eigenvalue weighted by atomic mass is 9.98. The summed E-state index contributed by atoms with van der Waals surface area (Å²) >= 11 is 1.84. The number of rotatable bonds is 7. The number of hydrogen-bond acceptors (Lipinski definition) is 6. The van der Waals surface area contributed by atoms with Crippen LogP contribution in [0.2, 0.25) is 0 Å². The fourth-order valence-corrected chi connectivity index (χ4v) is 12.5. The maximum atomic E-state index is 6.60. The fraction of sp³-hybridized carbons (Fsp3) is 0. The molecule has 11 aromatic carbocycles. The summed E-state index contributed by atoms with van der Waals surface area (Å²) in [5.41, 5.74) is 16.3. The first-order valence-corrected chi connectivity index (χ1v) is 26.3. The Balaban J connectivity index is 0.777. The minimum absolute atomic E-state index is 0.554. The first-order valence-electron chi connectivity index (χ1n) is 25.5. The van der Waals surface area contributed by atoms with Crippen molar-refractivity contribution in [2.75, 3.05) is 0 Å². The van der Waals surface area contributed by atoms with E-state index < -0.39 is 0 Å². The topological polar surface area (TPSA) is 69.9 Å². The van der Waals surface area contributed by atoms with Gasteiger partial charge in [0.05, 0.1) is 11.0 Å². The lowest BCUT2D eigenvalue weighted by Gasteiger charge is -2.09. The van der Waals surface area contributed by atoms with Crippen LogP contribution in [-0.2, 0) is 0 Å². The van der Waals surface area contributed by atoms with E-state index in [2.05, 4.69) is 193 Å². The zero-order valence-corrected chi connectivity index (χ0v) is 41.4. The van der Waals surface area contributed by atoms with Crippen molar-refractivity contribution < 1.29 is 8.83 Å². The van der Waals surface area contributed by atoms with Gasteiger partial charge in [-0.05, 0) is 124 Å². The predicted molar refractivity (Wildman–Crippen MR) is 314 cm³/mol. The van der Waals surface area contributed by atoms with Crippen LogP contribution in [0.4, 0.5) is 0 Å². The van der Waals surface area contributed by atoms with Gasteiger partial charge in [0.15, 0.2) is 17.5 Å². The third kappa shape index (κ3) is 6.83.